The van der Waals surface area contributed by atoms with Gasteiger partial charge in [0.05, 0.1) is 6.07 Å². The zero-order valence-corrected chi connectivity index (χ0v) is 25.9. The van der Waals surface area contributed by atoms with Crippen LogP contribution in [0, 0.1) is 11.3 Å². The molecule has 0 fully saturated rings. The Bertz CT molecular complexity index is 1840. The molecule has 0 spiro atoms. The van der Waals surface area contributed by atoms with Crippen LogP contribution in [0.5, 0.6) is 0 Å². The van der Waals surface area contributed by atoms with E-state index in [0.717, 1.165) is 18.4 Å². The van der Waals surface area contributed by atoms with Crippen LogP contribution >= 0.6 is 0 Å². The van der Waals surface area contributed by atoms with Crippen molar-refractivity contribution in [3.63, 3.8) is 0 Å². The van der Waals surface area contributed by atoms with Gasteiger partial charge in [0.2, 0.25) is 0 Å². The maximum Gasteiger partial charge on any atom is 0.0587 e. The smallest absolute Gasteiger partial charge is 0.0587 e. The lowest BCUT2D eigenvalue weighted by atomic mass is 9.67. The summed E-state index contributed by atoms with van der Waals surface area (Å²) in [6.45, 7) is 9.91. The van der Waals surface area contributed by atoms with E-state index in [1.807, 2.05) is 6.08 Å². The van der Waals surface area contributed by atoms with Crippen LogP contribution in [0.1, 0.15) is 61.4 Å². The Morgan fingerprint density at radius 2 is 1.36 bits per heavy atom. The van der Waals surface area contributed by atoms with Gasteiger partial charge >= 0.3 is 0 Å². The van der Waals surface area contributed by atoms with E-state index in [4.69, 9.17) is 5.26 Å². The van der Waals surface area contributed by atoms with E-state index >= 15 is 0 Å². The predicted octanol–water partition coefficient (Wildman–Crippen LogP) is 11.7. The van der Waals surface area contributed by atoms with Gasteiger partial charge in [-0.05, 0) is 93.6 Å². The average molecular weight is 570 g/mol. The molecule has 1 aliphatic carbocycles. The molecular formula is C43H39N. The molecule has 0 aromatic heterocycles. The molecule has 0 aliphatic heterocycles. The van der Waals surface area contributed by atoms with Crippen LogP contribution < -0.4 is 0 Å². The molecule has 44 heavy (non-hydrogen) atoms. The van der Waals surface area contributed by atoms with Gasteiger partial charge in [-0.15, -0.1) is 0 Å². The standard InChI is InChI=1S/C41H36.C2H3N/c1-4-30(5-2)31-25-27-33(28-26-31)40-37-24-16-15-23-36(37)38(32-17-9-6-10-18-32)29-39(40)41(3,34-19-11-7-12-20-34)35-21-13-8-14-22-35;1-2-3/h4-5,7-9,11-29H,1,6,10H2,2-3H3;1H3/b30-5+;. The first kappa shape index (κ1) is 30.3. The molecule has 1 aliphatic rings. The van der Waals surface area contributed by atoms with E-state index < -0.39 is 0 Å². The number of nitriles is 1. The molecule has 0 saturated heterocycles. The molecule has 0 heterocycles. The van der Waals surface area contributed by atoms with Gasteiger partial charge in [-0.1, -0.05) is 146 Å². The van der Waals surface area contributed by atoms with E-state index in [-0.39, 0.29) is 5.41 Å². The third-order valence-electron chi connectivity index (χ3n) is 8.63. The molecule has 1 heteroatoms. The fourth-order valence-electron chi connectivity index (χ4n) is 6.39. The lowest BCUT2D eigenvalue weighted by Gasteiger charge is -2.35. The summed E-state index contributed by atoms with van der Waals surface area (Å²) in [4.78, 5) is 0. The van der Waals surface area contributed by atoms with Crippen molar-refractivity contribution in [1.29, 1.82) is 5.26 Å². The van der Waals surface area contributed by atoms with Crippen LogP contribution in [0.15, 0.2) is 152 Å². The molecule has 5 aromatic rings. The average Bonchev–Trinajstić information content (AvgIpc) is 3.09. The maximum absolute atomic E-state index is 7.32. The summed E-state index contributed by atoms with van der Waals surface area (Å²) < 4.78 is 0. The second-order valence-electron chi connectivity index (χ2n) is 11.1. The van der Waals surface area contributed by atoms with Gasteiger partial charge in [0.15, 0.2) is 0 Å². The number of hydrogen-bond acceptors (Lipinski definition) is 1. The van der Waals surface area contributed by atoms with E-state index in [0.29, 0.717) is 0 Å². The molecular weight excluding hydrogens is 530 g/mol. The summed E-state index contributed by atoms with van der Waals surface area (Å²) >= 11 is 0. The van der Waals surface area contributed by atoms with Crippen molar-refractivity contribution in [2.24, 2.45) is 0 Å². The summed E-state index contributed by atoms with van der Waals surface area (Å²) in [5.41, 5.74) is 10.9. The molecule has 6 rings (SSSR count). The van der Waals surface area contributed by atoms with Crippen LogP contribution in [-0.2, 0) is 5.41 Å². The van der Waals surface area contributed by atoms with Gasteiger partial charge in [-0.25, -0.2) is 0 Å². The molecule has 0 unspecified atom stereocenters. The zero-order chi connectivity index (χ0) is 30.9. The van der Waals surface area contributed by atoms with Gasteiger partial charge in [0.25, 0.3) is 0 Å². The first-order valence-electron chi connectivity index (χ1n) is 15.3. The van der Waals surface area contributed by atoms with Crippen molar-refractivity contribution < 1.29 is 0 Å². The lowest BCUT2D eigenvalue weighted by Crippen LogP contribution is -2.26. The summed E-state index contributed by atoms with van der Waals surface area (Å²) in [7, 11) is 0. The Morgan fingerprint density at radius 3 is 1.89 bits per heavy atom. The molecule has 1 nitrogen and oxygen atoms in total. The highest BCUT2D eigenvalue weighted by Crippen LogP contribution is 2.48. The molecule has 0 saturated carbocycles. The highest BCUT2D eigenvalue weighted by Gasteiger charge is 2.35. The van der Waals surface area contributed by atoms with Gasteiger partial charge in [0.1, 0.15) is 0 Å². The minimum absolute atomic E-state index is 0.385. The van der Waals surface area contributed by atoms with Crippen molar-refractivity contribution in [3.05, 3.63) is 180 Å². The van der Waals surface area contributed by atoms with Crippen molar-refractivity contribution in [2.75, 3.05) is 0 Å². The number of hydrogen-bond donors (Lipinski definition) is 0. The van der Waals surface area contributed by atoms with E-state index in [1.165, 1.54) is 62.2 Å². The van der Waals surface area contributed by atoms with Gasteiger partial charge < -0.3 is 0 Å². The van der Waals surface area contributed by atoms with Crippen LogP contribution in [0.2, 0.25) is 0 Å². The molecule has 5 aromatic carbocycles. The number of nitrogens with zero attached hydrogens (tertiary/aromatic N) is 1. The predicted molar refractivity (Wildman–Crippen MR) is 189 cm³/mol. The van der Waals surface area contributed by atoms with Crippen LogP contribution in [0.25, 0.3) is 33.0 Å². The summed E-state index contributed by atoms with van der Waals surface area (Å²) in [6.07, 6.45) is 13.2. The van der Waals surface area contributed by atoms with E-state index in [9.17, 15) is 0 Å². The van der Waals surface area contributed by atoms with Crippen LogP contribution in [-0.4, -0.2) is 0 Å². The Balaban J connectivity index is 0.00000123. The van der Waals surface area contributed by atoms with Crippen molar-refractivity contribution in [2.45, 2.75) is 39.0 Å². The first-order valence-corrected chi connectivity index (χ1v) is 15.3. The largest absolute Gasteiger partial charge is 0.199 e. The highest BCUT2D eigenvalue weighted by atomic mass is 14.4. The second-order valence-corrected chi connectivity index (χ2v) is 11.1. The minimum Gasteiger partial charge on any atom is -0.199 e. The van der Waals surface area contributed by atoms with Gasteiger partial charge in [-0.2, -0.15) is 5.26 Å². The normalized spacial score (nSPS) is 13.0. The zero-order valence-electron chi connectivity index (χ0n) is 25.9. The van der Waals surface area contributed by atoms with Crippen molar-refractivity contribution >= 4 is 21.9 Å². The number of fused-ring (bicyclic) bond motifs is 1. The minimum atomic E-state index is -0.385. The molecule has 216 valence electrons. The molecule has 0 N–H and O–H groups in total. The van der Waals surface area contributed by atoms with Crippen LogP contribution in [0.3, 0.4) is 0 Å². The van der Waals surface area contributed by atoms with Crippen molar-refractivity contribution in [1.82, 2.24) is 0 Å². The highest BCUT2D eigenvalue weighted by molar-refractivity contribution is 6.06. The van der Waals surface area contributed by atoms with Gasteiger partial charge in [0, 0.05) is 12.3 Å². The van der Waals surface area contributed by atoms with Crippen LogP contribution in [0.4, 0.5) is 0 Å². The third kappa shape index (κ3) is 5.85. The fourth-order valence-corrected chi connectivity index (χ4v) is 6.39. The fraction of sp³-hybridized carbons (Fsp3) is 0.140. The maximum atomic E-state index is 7.32. The molecule has 0 radical (unpaired) electrons. The first-order chi connectivity index (χ1) is 21.6. The Morgan fingerprint density at radius 1 is 0.795 bits per heavy atom. The second kappa shape index (κ2) is 13.9. The Hall–Kier alpha value is -5.19. The Kier molecular flexibility index (Phi) is 9.53. The van der Waals surface area contributed by atoms with Gasteiger partial charge in [-0.3, -0.25) is 0 Å². The Labute approximate surface area is 262 Å². The quantitative estimate of drug-likeness (QED) is 0.141. The lowest BCUT2D eigenvalue weighted by molar-refractivity contribution is 0.695. The van der Waals surface area contributed by atoms with E-state index in [2.05, 4.69) is 160 Å². The van der Waals surface area contributed by atoms with Crippen molar-refractivity contribution in [3.8, 4) is 17.2 Å². The topological polar surface area (TPSA) is 23.8 Å². The SMILES string of the molecule is C=C/C(=C\C)c1ccc(-c2c(C(C)(c3ccccc3)c3ccccc3)cc(C3=CCCC=C3)c3ccccc23)cc1.CC#N. The number of allylic oxidation sites excluding steroid dienone is 7. The summed E-state index contributed by atoms with van der Waals surface area (Å²) in [5, 5.41) is 9.89. The molecule has 0 atom stereocenters. The number of rotatable bonds is 7. The summed E-state index contributed by atoms with van der Waals surface area (Å²) in [6, 6.07) is 44.1. The number of benzene rings is 5. The molecule has 0 bridgehead atoms. The third-order valence-corrected chi connectivity index (χ3v) is 8.63. The van der Waals surface area contributed by atoms with E-state index in [1.54, 1.807) is 6.07 Å². The summed E-state index contributed by atoms with van der Waals surface area (Å²) in [5.74, 6) is 0. The molecule has 0 amide bonds. The monoisotopic (exact) mass is 569 g/mol.